The van der Waals surface area contributed by atoms with Crippen LogP contribution in [0.15, 0.2) is 24.5 Å². The number of nitrogens with one attached hydrogen (secondary N) is 2. The van der Waals surface area contributed by atoms with E-state index in [2.05, 4.69) is 20.7 Å². The van der Waals surface area contributed by atoms with Gasteiger partial charge in [0.1, 0.15) is 0 Å². The smallest absolute Gasteiger partial charge is 0.160 e. The van der Waals surface area contributed by atoms with Gasteiger partial charge in [-0.1, -0.05) is 34.8 Å². The maximum atomic E-state index is 6.03. The van der Waals surface area contributed by atoms with E-state index in [-0.39, 0.29) is 0 Å². The van der Waals surface area contributed by atoms with Crippen molar-refractivity contribution in [2.24, 2.45) is 5.84 Å². The summed E-state index contributed by atoms with van der Waals surface area (Å²) in [6.07, 6.45) is 3.02. The van der Waals surface area contributed by atoms with E-state index in [9.17, 15) is 0 Å². The molecule has 1 aromatic carbocycles. The number of anilines is 3. The lowest BCUT2D eigenvalue weighted by Crippen LogP contribution is -2.09. The van der Waals surface area contributed by atoms with Gasteiger partial charge in [0.15, 0.2) is 11.6 Å². The van der Waals surface area contributed by atoms with Gasteiger partial charge < -0.3 is 10.7 Å². The fraction of sp³-hybridized carbons (Fsp3) is 0. The molecule has 0 aliphatic heterocycles. The van der Waals surface area contributed by atoms with Crippen molar-refractivity contribution in [2.45, 2.75) is 0 Å². The highest BCUT2D eigenvalue weighted by Crippen LogP contribution is 2.33. The molecule has 18 heavy (non-hydrogen) atoms. The first-order chi connectivity index (χ1) is 8.60. The summed E-state index contributed by atoms with van der Waals surface area (Å²) in [5, 5.41) is 4.18. The van der Waals surface area contributed by atoms with E-state index in [0.717, 1.165) is 0 Å². The Hall–Kier alpha value is -1.27. The van der Waals surface area contributed by atoms with Crippen molar-refractivity contribution in [1.82, 2.24) is 9.97 Å². The first-order valence-corrected chi connectivity index (χ1v) is 5.94. The number of nitrogen functional groups attached to an aromatic ring is 1. The molecule has 0 saturated heterocycles. The van der Waals surface area contributed by atoms with Gasteiger partial charge in [-0.2, -0.15) is 0 Å². The number of benzene rings is 1. The number of nitrogens with zero attached hydrogens (tertiary/aromatic N) is 2. The maximum absolute atomic E-state index is 6.03. The van der Waals surface area contributed by atoms with Gasteiger partial charge >= 0.3 is 0 Å². The number of hydrogen-bond donors (Lipinski definition) is 3. The van der Waals surface area contributed by atoms with Crippen LogP contribution in [0.5, 0.6) is 0 Å². The number of hydrogen-bond acceptors (Lipinski definition) is 5. The summed E-state index contributed by atoms with van der Waals surface area (Å²) in [5.41, 5.74) is 2.97. The third-order valence-electron chi connectivity index (χ3n) is 2.06. The molecule has 0 aliphatic carbocycles. The van der Waals surface area contributed by atoms with Gasteiger partial charge in [-0.25, -0.2) is 10.8 Å². The second-order valence-corrected chi connectivity index (χ2v) is 4.53. The first kappa shape index (κ1) is 13.2. The molecule has 0 radical (unpaired) electrons. The van der Waals surface area contributed by atoms with Crippen molar-refractivity contribution in [3.05, 3.63) is 39.6 Å². The molecular formula is C10H8Cl3N5. The normalized spacial score (nSPS) is 10.2. The molecule has 0 saturated carbocycles. The van der Waals surface area contributed by atoms with Gasteiger partial charge in [0.2, 0.25) is 0 Å². The van der Waals surface area contributed by atoms with Crippen LogP contribution in [0.1, 0.15) is 0 Å². The van der Waals surface area contributed by atoms with E-state index in [1.54, 1.807) is 12.1 Å². The van der Waals surface area contributed by atoms with Crippen LogP contribution in [0.25, 0.3) is 0 Å². The molecule has 1 heterocycles. The second kappa shape index (κ2) is 5.58. The van der Waals surface area contributed by atoms with Crippen LogP contribution in [0, 0.1) is 0 Å². The van der Waals surface area contributed by atoms with Crippen LogP contribution < -0.4 is 16.6 Å². The van der Waals surface area contributed by atoms with E-state index < -0.39 is 0 Å². The molecule has 2 aromatic rings. The van der Waals surface area contributed by atoms with E-state index in [1.165, 1.54) is 12.4 Å². The molecule has 4 N–H and O–H groups in total. The van der Waals surface area contributed by atoms with Crippen LogP contribution >= 0.6 is 34.8 Å². The Kier molecular flexibility index (Phi) is 4.08. The summed E-state index contributed by atoms with van der Waals surface area (Å²) in [6, 6.07) is 3.16. The zero-order chi connectivity index (χ0) is 13.1. The highest BCUT2D eigenvalue weighted by molar-refractivity contribution is 6.44. The average Bonchev–Trinajstić information content (AvgIpc) is 2.36. The number of halogens is 3. The molecule has 0 fully saturated rings. The van der Waals surface area contributed by atoms with Gasteiger partial charge in [0, 0.05) is 0 Å². The van der Waals surface area contributed by atoms with Gasteiger partial charge in [-0.3, -0.25) is 4.98 Å². The Morgan fingerprint density at radius 1 is 0.944 bits per heavy atom. The minimum atomic E-state index is 0.385. The topological polar surface area (TPSA) is 75.9 Å². The Bertz CT molecular complexity index is 575. The standard InChI is InChI=1S/C10H8Cl3N5/c11-5-1-7(13)8(2-6(5)12)16-9-3-15-4-10(17-9)18-14/h1-4H,14H2,(H2,16,17,18). The summed E-state index contributed by atoms with van der Waals surface area (Å²) in [6.45, 7) is 0. The lowest BCUT2D eigenvalue weighted by Gasteiger charge is -2.09. The quantitative estimate of drug-likeness (QED) is 0.460. The Morgan fingerprint density at radius 3 is 2.33 bits per heavy atom. The van der Waals surface area contributed by atoms with E-state index >= 15 is 0 Å². The largest absolute Gasteiger partial charge is 0.338 e. The molecule has 5 nitrogen and oxygen atoms in total. The number of rotatable bonds is 3. The number of aromatic nitrogens is 2. The van der Waals surface area contributed by atoms with Crippen molar-refractivity contribution < 1.29 is 0 Å². The third kappa shape index (κ3) is 2.94. The van der Waals surface area contributed by atoms with Gasteiger partial charge in [-0.05, 0) is 12.1 Å². The fourth-order valence-electron chi connectivity index (χ4n) is 1.25. The maximum Gasteiger partial charge on any atom is 0.160 e. The Morgan fingerprint density at radius 2 is 1.61 bits per heavy atom. The minimum Gasteiger partial charge on any atom is -0.338 e. The molecule has 0 unspecified atom stereocenters. The van der Waals surface area contributed by atoms with Crippen molar-refractivity contribution in [3.8, 4) is 0 Å². The van der Waals surface area contributed by atoms with Crippen LogP contribution in [-0.4, -0.2) is 9.97 Å². The Balaban J connectivity index is 2.30. The van der Waals surface area contributed by atoms with E-state index in [4.69, 9.17) is 40.6 Å². The molecule has 0 spiro atoms. The summed E-state index contributed by atoms with van der Waals surface area (Å²) in [7, 11) is 0. The molecule has 94 valence electrons. The summed E-state index contributed by atoms with van der Waals surface area (Å²) in [5.74, 6) is 6.15. The fourth-order valence-corrected chi connectivity index (χ4v) is 1.85. The van der Waals surface area contributed by atoms with Crippen molar-refractivity contribution in [2.75, 3.05) is 10.7 Å². The van der Waals surface area contributed by atoms with Crippen LogP contribution in [0.2, 0.25) is 15.1 Å². The summed E-state index contributed by atoms with van der Waals surface area (Å²) in [4.78, 5) is 8.09. The molecule has 0 atom stereocenters. The minimum absolute atomic E-state index is 0.385. The predicted octanol–water partition coefficient (Wildman–Crippen LogP) is 3.47. The van der Waals surface area contributed by atoms with Crippen LogP contribution in [0.3, 0.4) is 0 Å². The van der Waals surface area contributed by atoms with Gasteiger partial charge in [0.05, 0.1) is 33.1 Å². The summed E-state index contributed by atoms with van der Waals surface area (Å²) < 4.78 is 0. The molecule has 1 aromatic heterocycles. The molecule has 2 rings (SSSR count). The highest BCUT2D eigenvalue weighted by Gasteiger charge is 2.07. The SMILES string of the molecule is NNc1cncc(Nc2cc(Cl)c(Cl)cc2Cl)n1. The molecule has 0 aliphatic rings. The van der Waals surface area contributed by atoms with Crippen molar-refractivity contribution >= 4 is 52.1 Å². The number of hydrazine groups is 1. The van der Waals surface area contributed by atoms with Crippen LogP contribution in [0.4, 0.5) is 17.3 Å². The number of nitrogens with two attached hydrogens (primary N) is 1. The molecular weight excluding hydrogens is 297 g/mol. The van der Waals surface area contributed by atoms with Crippen molar-refractivity contribution in [1.29, 1.82) is 0 Å². The van der Waals surface area contributed by atoms with Crippen molar-refractivity contribution in [3.63, 3.8) is 0 Å². The van der Waals surface area contributed by atoms with E-state index in [1.807, 2.05) is 0 Å². The van der Waals surface area contributed by atoms with Gasteiger partial charge in [0.25, 0.3) is 0 Å². The average molecular weight is 305 g/mol. The molecule has 0 amide bonds. The zero-order valence-electron chi connectivity index (χ0n) is 8.92. The zero-order valence-corrected chi connectivity index (χ0v) is 11.2. The predicted molar refractivity (Wildman–Crippen MR) is 74.6 cm³/mol. The van der Waals surface area contributed by atoms with E-state index in [0.29, 0.717) is 32.4 Å². The summed E-state index contributed by atoms with van der Waals surface area (Å²) >= 11 is 17.8. The molecule has 0 bridgehead atoms. The highest BCUT2D eigenvalue weighted by atomic mass is 35.5. The molecule has 8 heteroatoms. The second-order valence-electron chi connectivity index (χ2n) is 3.31. The lowest BCUT2D eigenvalue weighted by molar-refractivity contribution is 1.16. The van der Waals surface area contributed by atoms with Gasteiger partial charge in [-0.15, -0.1) is 0 Å². The third-order valence-corrected chi connectivity index (χ3v) is 3.09. The Labute approximate surface area is 118 Å². The van der Waals surface area contributed by atoms with Crippen LogP contribution in [-0.2, 0) is 0 Å². The lowest BCUT2D eigenvalue weighted by atomic mass is 10.3. The first-order valence-electron chi connectivity index (χ1n) is 4.80. The monoisotopic (exact) mass is 303 g/mol.